The molecule has 0 aromatic heterocycles. The lowest BCUT2D eigenvalue weighted by Gasteiger charge is -2.66. The van der Waals surface area contributed by atoms with Crippen molar-refractivity contribution < 1.29 is 63.7 Å². The van der Waals surface area contributed by atoms with Crippen molar-refractivity contribution in [2.75, 3.05) is 13.2 Å². The van der Waals surface area contributed by atoms with Crippen molar-refractivity contribution in [3.63, 3.8) is 0 Å². The number of fused-ring (bicyclic) bond motifs is 5. The fraction of sp³-hybridized carbons (Fsp3) is 0.833. The van der Waals surface area contributed by atoms with Crippen molar-refractivity contribution in [2.24, 2.45) is 28.6 Å². The first kappa shape index (κ1) is 38.6. The highest BCUT2D eigenvalue weighted by atomic mass is 16.6. The van der Waals surface area contributed by atoms with Gasteiger partial charge < -0.3 is 49.8 Å². The van der Waals surface area contributed by atoms with Gasteiger partial charge in [0, 0.05) is 31.1 Å². The number of hydrogen-bond acceptors (Lipinski definition) is 13. The number of nitrogens with one attached hydrogen (secondary N) is 1. The topological polar surface area (TPSA) is 218 Å². The molecule has 50 heavy (non-hydrogen) atoms. The summed E-state index contributed by atoms with van der Waals surface area (Å²) in [5.74, 6) is -4.43. The lowest BCUT2D eigenvalue weighted by Crippen LogP contribution is -2.81. The Kier molecular flexibility index (Phi) is 10.6. The summed E-state index contributed by atoms with van der Waals surface area (Å²) in [6.45, 7) is 10.8. The quantitative estimate of drug-likeness (QED) is 0.120. The molecular weight excluding hydrogens is 654 g/mol. The first-order valence-electron chi connectivity index (χ1n) is 17.9. The van der Waals surface area contributed by atoms with Crippen LogP contribution in [0.1, 0.15) is 93.4 Å². The maximum absolute atomic E-state index is 14.4. The van der Waals surface area contributed by atoms with Gasteiger partial charge in [-0.05, 0) is 49.7 Å². The average Bonchev–Trinajstić information content (AvgIpc) is 3.04. The maximum atomic E-state index is 14.4. The van der Waals surface area contributed by atoms with Crippen LogP contribution in [0.25, 0.3) is 0 Å². The summed E-state index contributed by atoms with van der Waals surface area (Å²) in [4.78, 5) is 53.7. The maximum Gasteiger partial charge on any atom is 0.407 e. The molecule has 1 amide bonds. The number of Topliss-reactive ketones (excluding diaryl/α,β-unsaturated/α-hetero) is 1. The van der Waals surface area contributed by atoms with Gasteiger partial charge in [0.05, 0.1) is 36.9 Å². The van der Waals surface area contributed by atoms with Crippen LogP contribution in [-0.4, -0.2) is 116 Å². The molecule has 1 saturated heterocycles. The standard InChI is InChI=1S/C36H55NO13/c1-17(2)15-47-32(44)37-25(20-11-9-8-10-12-20)27(41)31(43)50-21-14-36(46)30(49-19(4)38)28-34(7,22(39)13-23-35(28,45)16-48-23)29(42)26(40)24(18(21)3)33(36,5)6/h17,20-23,25-28,30,39-41,45-46H,8-16H2,1-7H3,(H,37,44)/t21?,22-,23+,25-,26+,27+,28-,30-,34+,35-,36+/m0/s1. The van der Waals surface area contributed by atoms with Crippen molar-refractivity contribution >= 4 is 23.8 Å². The lowest BCUT2D eigenvalue weighted by molar-refractivity contribution is -0.345. The number of aliphatic hydroxyl groups is 5. The van der Waals surface area contributed by atoms with E-state index in [0.29, 0.717) is 12.8 Å². The molecule has 5 rings (SSSR count). The molecule has 1 heterocycles. The van der Waals surface area contributed by atoms with Crippen LogP contribution in [0.3, 0.4) is 0 Å². The largest absolute Gasteiger partial charge is 0.459 e. The number of rotatable bonds is 8. The van der Waals surface area contributed by atoms with Gasteiger partial charge in [-0.1, -0.05) is 47.0 Å². The minimum atomic E-state index is -2.20. The van der Waals surface area contributed by atoms with Crippen LogP contribution in [0.5, 0.6) is 0 Å². The molecule has 4 fully saturated rings. The zero-order valence-corrected chi connectivity index (χ0v) is 30.1. The third-order valence-corrected chi connectivity index (χ3v) is 12.5. The number of alkyl carbamates (subject to hydrolysis) is 1. The average molecular weight is 710 g/mol. The second-order valence-electron chi connectivity index (χ2n) is 16.4. The van der Waals surface area contributed by atoms with Crippen molar-refractivity contribution in [1.82, 2.24) is 5.32 Å². The Balaban J connectivity index is 1.55. The molecule has 14 heteroatoms. The summed E-state index contributed by atoms with van der Waals surface area (Å²) in [5, 5.41) is 62.3. The van der Waals surface area contributed by atoms with Crippen molar-refractivity contribution in [1.29, 1.82) is 0 Å². The van der Waals surface area contributed by atoms with Crippen LogP contribution in [-0.2, 0) is 33.3 Å². The number of esters is 2. The second kappa shape index (κ2) is 13.7. The summed E-state index contributed by atoms with van der Waals surface area (Å²) in [7, 11) is 0. The lowest BCUT2D eigenvalue weighted by atomic mass is 9.45. The number of carbonyl (C=O) groups excluding carboxylic acids is 4. The van der Waals surface area contributed by atoms with E-state index in [1.807, 2.05) is 13.8 Å². The molecule has 14 nitrogen and oxygen atoms in total. The minimum Gasteiger partial charge on any atom is -0.459 e. The Bertz CT molecular complexity index is 1390. The van der Waals surface area contributed by atoms with Crippen molar-refractivity contribution in [2.45, 2.75) is 147 Å². The van der Waals surface area contributed by atoms with Gasteiger partial charge in [-0.3, -0.25) is 9.59 Å². The van der Waals surface area contributed by atoms with Gasteiger partial charge in [0.15, 0.2) is 11.9 Å². The van der Waals surface area contributed by atoms with E-state index in [1.165, 1.54) is 6.92 Å². The molecule has 6 N–H and O–H groups in total. The van der Waals surface area contributed by atoms with Crippen LogP contribution in [0, 0.1) is 28.6 Å². The first-order valence-corrected chi connectivity index (χ1v) is 17.9. The molecule has 1 unspecified atom stereocenters. The van der Waals surface area contributed by atoms with E-state index in [-0.39, 0.29) is 42.6 Å². The predicted octanol–water partition coefficient (Wildman–Crippen LogP) is 1.46. The molecular formula is C36H55NO13. The Morgan fingerprint density at radius 2 is 1.68 bits per heavy atom. The van der Waals surface area contributed by atoms with Gasteiger partial charge in [0.2, 0.25) is 0 Å². The Labute approximate surface area is 292 Å². The number of aliphatic hydroxyl groups excluding tert-OH is 3. The normalized spacial score (nSPS) is 39.5. The third-order valence-electron chi connectivity index (χ3n) is 12.5. The van der Waals surface area contributed by atoms with E-state index in [9.17, 15) is 44.7 Å². The van der Waals surface area contributed by atoms with E-state index in [2.05, 4.69) is 5.32 Å². The first-order chi connectivity index (χ1) is 23.2. The van der Waals surface area contributed by atoms with Gasteiger partial charge >= 0.3 is 18.0 Å². The summed E-state index contributed by atoms with van der Waals surface area (Å²) >= 11 is 0. The molecule has 2 bridgehead atoms. The monoisotopic (exact) mass is 709 g/mol. The number of amides is 1. The smallest absolute Gasteiger partial charge is 0.407 e. The van der Waals surface area contributed by atoms with Gasteiger partial charge in [0.25, 0.3) is 0 Å². The second-order valence-corrected chi connectivity index (χ2v) is 16.4. The summed E-state index contributed by atoms with van der Waals surface area (Å²) in [6.07, 6.45) is -6.49. The zero-order valence-electron chi connectivity index (χ0n) is 30.1. The molecule has 3 saturated carbocycles. The summed E-state index contributed by atoms with van der Waals surface area (Å²) < 4.78 is 22.6. The van der Waals surface area contributed by atoms with Crippen LogP contribution in [0.4, 0.5) is 4.79 Å². The highest BCUT2D eigenvalue weighted by Gasteiger charge is 2.76. The Morgan fingerprint density at radius 1 is 1.04 bits per heavy atom. The van der Waals surface area contributed by atoms with Gasteiger partial charge in [0.1, 0.15) is 29.5 Å². The third kappa shape index (κ3) is 6.17. The zero-order chi connectivity index (χ0) is 37.1. The summed E-state index contributed by atoms with van der Waals surface area (Å²) in [6, 6.07) is -1.04. The molecule has 5 aliphatic rings. The van der Waals surface area contributed by atoms with Gasteiger partial charge in [-0.25, -0.2) is 9.59 Å². The molecule has 0 aromatic rings. The van der Waals surface area contributed by atoms with Crippen LogP contribution < -0.4 is 5.32 Å². The molecule has 0 spiro atoms. The van der Waals surface area contributed by atoms with E-state index >= 15 is 0 Å². The highest BCUT2D eigenvalue weighted by molar-refractivity contribution is 5.93. The van der Waals surface area contributed by atoms with Crippen LogP contribution in [0.15, 0.2) is 11.1 Å². The molecule has 1 aliphatic heterocycles. The van der Waals surface area contributed by atoms with Crippen LogP contribution in [0.2, 0.25) is 0 Å². The fourth-order valence-electron chi connectivity index (χ4n) is 9.52. The molecule has 0 aromatic carbocycles. The SMILES string of the molecule is CC(=O)O[C@H]1[C@@H]2[C@]3(O)CO[C@@H]3C[C@H](O)[C@@]2(C)C(=O)[C@H](O)C2=C(C)C(OC(=O)[C@H](O)[C@@H](NC(=O)OCC(C)C)C3CCCCC3)C[C@]1(O)C2(C)C. The Morgan fingerprint density at radius 3 is 2.24 bits per heavy atom. The Hall–Kier alpha value is -2.62. The van der Waals surface area contributed by atoms with E-state index in [1.54, 1.807) is 20.8 Å². The fourth-order valence-corrected chi connectivity index (χ4v) is 9.52. The molecule has 282 valence electrons. The van der Waals surface area contributed by atoms with E-state index < -0.39 is 101 Å². The molecule has 4 aliphatic carbocycles. The number of carbonyl (C=O) groups is 4. The highest BCUT2D eigenvalue weighted by Crippen LogP contribution is 2.63. The number of ketones is 1. The minimum absolute atomic E-state index is 0.00533. The van der Waals surface area contributed by atoms with Gasteiger partial charge in [-0.15, -0.1) is 0 Å². The molecule has 0 radical (unpaired) electrons. The van der Waals surface area contributed by atoms with Crippen LogP contribution >= 0.6 is 0 Å². The van der Waals surface area contributed by atoms with E-state index in [4.69, 9.17) is 18.9 Å². The summed E-state index contributed by atoms with van der Waals surface area (Å²) in [5.41, 5.74) is -7.20. The van der Waals surface area contributed by atoms with Crippen molar-refractivity contribution in [3.05, 3.63) is 11.1 Å². The molecule has 11 atom stereocenters. The van der Waals surface area contributed by atoms with E-state index in [0.717, 1.165) is 26.2 Å². The predicted molar refractivity (Wildman–Crippen MR) is 175 cm³/mol. The number of ether oxygens (including phenoxy) is 4. The van der Waals surface area contributed by atoms with Crippen molar-refractivity contribution in [3.8, 4) is 0 Å². The number of hydrogen-bond donors (Lipinski definition) is 6. The van der Waals surface area contributed by atoms with Gasteiger partial charge in [-0.2, -0.15) is 0 Å².